The number of halogens is 1. The highest BCUT2D eigenvalue weighted by atomic mass is 19.1. The number of ether oxygens (including phenoxy) is 2. The molecule has 1 saturated heterocycles. The largest absolute Gasteiger partial charge is 0.488 e. The fraction of sp³-hybridized carbons (Fsp3) is 0.233. The number of pyridine rings is 1. The van der Waals surface area contributed by atoms with E-state index in [1.165, 1.54) is 23.2 Å². The van der Waals surface area contributed by atoms with Gasteiger partial charge in [0.1, 0.15) is 24.7 Å². The Morgan fingerprint density at radius 2 is 1.79 bits per heavy atom. The molecule has 0 bridgehead atoms. The zero-order valence-corrected chi connectivity index (χ0v) is 21.6. The SMILES string of the molecule is CC(C)CN1CC(=O)N(c2ccc(Oc3ccnc4cc(OCc5ccccc5)c(CO)cc34)c(F)c2)C1=O. The summed E-state index contributed by atoms with van der Waals surface area (Å²) in [7, 11) is 0. The summed E-state index contributed by atoms with van der Waals surface area (Å²) in [5, 5.41) is 10.5. The number of hydrogen-bond acceptors (Lipinski definition) is 6. The van der Waals surface area contributed by atoms with Crippen molar-refractivity contribution in [2.24, 2.45) is 5.92 Å². The number of imide groups is 1. The third-order valence-corrected chi connectivity index (χ3v) is 6.31. The quantitative estimate of drug-likeness (QED) is 0.281. The number of rotatable bonds is 9. The van der Waals surface area contributed by atoms with Crippen LogP contribution in [-0.4, -0.2) is 40.0 Å². The second-order valence-electron chi connectivity index (χ2n) is 9.72. The van der Waals surface area contributed by atoms with Crippen molar-refractivity contribution < 1.29 is 28.6 Å². The topological polar surface area (TPSA) is 92.2 Å². The maximum atomic E-state index is 15.2. The molecule has 1 aliphatic rings. The fourth-order valence-corrected chi connectivity index (χ4v) is 4.49. The van der Waals surface area contributed by atoms with Crippen molar-refractivity contribution in [3.05, 3.63) is 89.9 Å². The van der Waals surface area contributed by atoms with E-state index in [0.717, 1.165) is 16.5 Å². The Labute approximate surface area is 225 Å². The molecule has 3 amide bonds. The first kappa shape index (κ1) is 26.1. The molecule has 0 atom stereocenters. The number of carbonyl (C=O) groups excluding carboxylic acids is 2. The van der Waals surface area contributed by atoms with Crippen LogP contribution in [-0.2, 0) is 18.0 Å². The summed E-state index contributed by atoms with van der Waals surface area (Å²) in [5.41, 5.74) is 2.20. The lowest BCUT2D eigenvalue weighted by Crippen LogP contribution is -2.34. The number of benzene rings is 3. The zero-order valence-electron chi connectivity index (χ0n) is 21.6. The Morgan fingerprint density at radius 3 is 2.51 bits per heavy atom. The van der Waals surface area contributed by atoms with Gasteiger partial charge in [-0.15, -0.1) is 0 Å². The molecule has 8 nitrogen and oxygen atoms in total. The smallest absolute Gasteiger partial charge is 0.331 e. The normalized spacial score (nSPS) is 13.6. The standard InChI is InChI=1S/C30H28FN3O5/c1-19(2)15-33-16-29(36)34(30(33)37)22-8-9-27(24(31)13-22)39-26-10-11-32-25-14-28(21(17-35)12-23(25)26)38-18-20-6-4-3-5-7-20/h3-14,19,35H,15-18H2,1-2H3. The van der Waals surface area contributed by atoms with Gasteiger partial charge in [-0.3, -0.25) is 9.78 Å². The van der Waals surface area contributed by atoms with Crippen molar-refractivity contribution >= 4 is 28.5 Å². The monoisotopic (exact) mass is 529 g/mol. The van der Waals surface area contributed by atoms with Gasteiger partial charge in [-0.1, -0.05) is 44.2 Å². The van der Waals surface area contributed by atoms with Crippen LogP contribution in [0, 0.1) is 11.7 Å². The second-order valence-corrected chi connectivity index (χ2v) is 9.72. The van der Waals surface area contributed by atoms with Gasteiger partial charge >= 0.3 is 6.03 Å². The summed E-state index contributed by atoms with van der Waals surface area (Å²) in [4.78, 5) is 32.1. The number of nitrogens with zero attached hydrogens (tertiary/aromatic N) is 3. The molecule has 1 aliphatic heterocycles. The Bertz CT molecular complexity index is 1530. The Morgan fingerprint density at radius 1 is 1.00 bits per heavy atom. The molecule has 1 aromatic heterocycles. The minimum atomic E-state index is -0.731. The first-order valence-corrected chi connectivity index (χ1v) is 12.6. The third-order valence-electron chi connectivity index (χ3n) is 6.31. The van der Waals surface area contributed by atoms with Gasteiger partial charge in [-0.05, 0) is 35.7 Å². The molecule has 5 rings (SSSR count). The molecule has 9 heteroatoms. The first-order valence-electron chi connectivity index (χ1n) is 12.6. The van der Waals surface area contributed by atoms with E-state index in [9.17, 15) is 14.7 Å². The highest BCUT2D eigenvalue weighted by Gasteiger charge is 2.37. The highest BCUT2D eigenvalue weighted by molar-refractivity contribution is 6.19. The molecule has 4 aromatic rings. The lowest BCUT2D eigenvalue weighted by atomic mass is 10.1. The number of aliphatic hydroxyl groups is 1. The van der Waals surface area contributed by atoms with Gasteiger partial charge in [0.15, 0.2) is 11.6 Å². The van der Waals surface area contributed by atoms with E-state index in [1.807, 2.05) is 44.2 Å². The Balaban J connectivity index is 1.39. The van der Waals surface area contributed by atoms with E-state index >= 15 is 4.39 Å². The average Bonchev–Trinajstić information content (AvgIpc) is 3.20. The van der Waals surface area contributed by atoms with Gasteiger partial charge in [-0.25, -0.2) is 14.1 Å². The molecule has 39 heavy (non-hydrogen) atoms. The number of fused-ring (bicyclic) bond motifs is 1. The summed E-state index contributed by atoms with van der Waals surface area (Å²) < 4.78 is 27.0. The number of carbonyl (C=O) groups is 2. The summed E-state index contributed by atoms with van der Waals surface area (Å²) in [5.74, 6) is -0.212. The molecule has 3 aromatic carbocycles. The predicted octanol–water partition coefficient (Wildman–Crippen LogP) is 5.66. The van der Waals surface area contributed by atoms with Crippen LogP contribution in [0.3, 0.4) is 0 Å². The molecule has 2 heterocycles. The summed E-state index contributed by atoms with van der Waals surface area (Å²) in [6, 6.07) is 18.2. The highest BCUT2D eigenvalue weighted by Crippen LogP contribution is 2.36. The van der Waals surface area contributed by atoms with Crippen molar-refractivity contribution in [3.8, 4) is 17.2 Å². The average molecular weight is 530 g/mol. The van der Waals surface area contributed by atoms with Gasteiger partial charge in [-0.2, -0.15) is 0 Å². The van der Waals surface area contributed by atoms with Gasteiger partial charge in [0.25, 0.3) is 5.91 Å². The maximum absolute atomic E-state index is 15.2. The number of aliphatic hydroxyl groups excluding tert-OH is 1. The number of anilines is 1. The number of amides is 3. The molecule has 0 spiro atoms. The molecular formula is C30H28FN3O5. The number of urea groups is 1. The van der Waals surface area contributed by atoms with Crippen LogP contribution in [0.25, 0.3) is 10.9 Å². The van der Waals surface area contributed by atoms with E-state index in [1.54, 1.807) is 18.2 Å². The van der Waals surface area contributed by atoms with E-state index in [-0.39, 0.29) is 30.5 Å². The van der Waals surface area contributed by atoms with Gasteiger partial charge in [0, 0.05) is 35.8 Å². The zero-order chi connectivity index (χ0) is 27.5. The van der Waals surface area contributed by atoms with Crippen molar-refractivity contribution in [2.75, 3.05) is 18.0 Å². The number of hydrogen-bond donors (Lipinski definition) is 1. The lowest BCUT2D eigenvalue weighted by Gasteiger charge is -2.19. The minimum Gasteiger partial charge on any atom is -0.488 e. The van der Waals surface area contributed by atoms with E-state index in [2.05, 4.69) is 4.98 Å². The lowest BCUT2D eigenvalue weighted by molar-refractivity contribution is -0.116. The van der Waals surface area contributed by atoms with Crippen LogP contribution in [0.15, 0.2) is 72.9 Å². The van der Waals surface area contributed by atoms with Crippen LogP contribution in [0.2, 0.25) is 0 Å². The summed E-state index contributed by atoms with van der Waals surface area (Å²) in [6.45, 7) is 4.36. The van der Waals surface area contributed by atoms with Crippen molar-refractivity contribution in [1.82, 2.24) is 9.88 Å². The molecule has 1 N–H and O–H groups in total. The minimum absolute atomic E-state index is 0.0376. The molecule has 1 fully saturated rings. The fourth-order valence-electron chi connectivity index (χ4n) is 4.49. The van der Waals surface area contributed by atoms with Crippen molar-refractivity contribution in [3.63, 3.8) is 0 Å². The predicted molar refractivity (Wildman–Crippen MR) is 144 cm³/mol. The van der Waals surface area contributed by atoms with Crippen LogP contribution < -0.4 is 14.4 Å². The van der Waals surface area contributed by atoms with Crippen LogP contribution in [0.5, 0.6) is 17.2 Å². The molecule has 0 saturated carbocycles. The Hall–Kier alpha value is -4.50. The summed E-state index contributed by atoms with van der Waals surface area (Å²) >= 11 is 0. The number of aromatic nitrogens is 1. The molecule has 0 unspecified atom stereocenters. The van der Waals surface area contributed by atoms with E-state index in [0.29, 0.717) is 41.1 Å². The second kappa shape index (κ2) is 11.1. The van der Waals surface area contributed by atoms with Crippen LogP contribution >= 0.6 is 0 Å². The molecule has 200 valence electrons. The molecule has 0 aliphatic carbocycles. The third kappa shape index (κ3) is 5.53. The molecule has 0 radical (unpaired) electrons. The molecular weight excluding hydrogens is 501 g/mol. The Kier molecular flexibility index (Phi) is 7.42. The first-order chi connectivity index (χ1) is 18.8. The van der Waals surface area contributed by atoms with Crippen LogP contribution in [0.4, 0.5) is 14.9 Å². The van der Waals surface area contributed by atoms with E-state index in [4.69, 9.17) is 9.47 Å². The summed E-state index contributed by atoms with van der Waals surface area (Å²) in [6.07, 6.45) is 1.54. The van der Waals surface area contributed by atoms with Crippen LogP contribution in [0.1, 0.15) is 25.0 Å². The van der Waals surface area contributed by atoms with Crippen molar-refractivity contribution in [1.29, 1.82) is 0 Å². The maximum Gasteiger partial charge on any atom is 0.331 e. The van der Waals surface area contributed by atoms with E-state index < -0.39 is 17.8 Å². The van der Waals surface area contributed by atoms with Gasteiger partial charge in [0.05, 0.1) is 17.8 Å². The van der Waals surface area contributed by atoms with Crippen molar-refractivity contribution in [2.45, 2.75) is 27.1 Å². The van der Waals surface area contributed by atoms with Gasteiger partial charge < -0.3 is 19.5 Å². The van der Waals surface area contributed by atoms with Gasteiger partial charge in [0.2, 0.25) is 0 Å².